The summed E-state index contributed by atoms with van der Waals surface area (Å²) in [6, 6.07) is -0.400. The average molecular weight is 295 g/mol. The number of amides is 3. The number of carbonyl (C=O) groups is 3. The van der Waals surface area contributed by atoms with Crippen LogP contribution >= 0.6 is 0 Å². The lowest BCUT2D eigenvalue weighted by Gasteiger charge is -2.36. The van der Waals surface area contributed by atoms with Crippen LogP contribution in [0.4, 0.5) is 4.79 Å². The fraction of sp³-hybridized carbons (Fsp3) is 0.643. The first-order chi connectivity index (χ1) is 9.98. The maximum absolute atomic E-state index is 12.5. The molecule has 2 saturated heterocycles. The molecule has 0 bridgehead atoms. The molecule has 2 heterocycles. The predicted molar refractivity (Wildman–Crippen MR) is 75.7 cm³/mol. The molecule has 0 aromatic heterocycles. The third-order valence-corrected chi connectivity index (χ3v) is 4.12. The van der Waals surface area contributed by atoms with Gasteiger partial charge >= 0.3 is 12.0 Å². The van der Waals surface area contributed by atoms with Crippen LogP contribution in [0.15, 0.2) is 12.7 Å². The zero-order valence-corrected chi connectivity index (χ0v) is 12.0. The Morgan fingerprint density at radius 2 is 2.05 bits per heavy atom. The van der Waals surface area contributed by atoms with E-state index in [4.69, 9.17) is 5.11 Å². The number of rotatable bonds is 6. The first-order valence-electron chi connectivity index (χ1n) is 7.18. The van der Waals surface area contributed by atoms with E-state index in [1.807, 2.05) is 6.08 Å². The first-order valence-corrected chi connectivity index (χ1v) is 7.18. The number of carboxylic acids is 1. The molecule has 0 atom stereocenters. The molecule has 116 valence electrons. The largest absolute Gasteiger partial charge is 0.481 e. The summed E-state index contributed by atoms with van der Waals surface area (Å²) in [6.45, 7) is 6.11. The van der Waals surface area contributed by atoms with Gasteiger partial charge in [-0.2, -0.15) is 0 Å². The van der Waals surface area contributed by atoms with Gasteiger partial charge in [0, 0.05) is 32.6 Å². The minimum Gasteiger partial charge on any atom is -0.481 e. The molecule has 2 N–H and O–H groups in total. The number of nitrogens with one attached hydrogen (secondary N) is 1. The maximum atomic E-state index is 12.5. The first kappa shape index (κ1) is 15.5. The monoisotopic (exact) mass is 295 g/mol. The predicted octanol–water partition coefficient (Wildman–Crippen LogP) is 0.424. The van der Waals surface area contributed by atoms with Gasteiger partial charge in [0.15, 0.2) is 0 Å². The minimum atomic E-state index is -0.922. The molecule has 0 aromatic carbocycles. The van der Waals surface area contributed by atoms with Crippen molar-refractivity contribution >= 4 is 17.9 Å². The summed E-state index contributed by atoms with van der Waals surface area (Å²) in [5.74, 6) is -1.13. The summed E-state index contributed by atoms with van der Waals surface area (Å²) < 4.78 is 0. The van der Waals surface area contributed by atoms with Crippen molar-refractivity contribution in [3.63, 3.8) is 0 Å². The van der Waals surface area contributed by atoms with Gasteiger partial charge in [0.25, 0.3) is 5.91 Å². The van der Waals surface area contributed by atoms with Crippen molar-refractivity contribution in [1.82, 2.24) is 15.1 Å². The summed E-state index contributed by atoms with van der Waals surface area (Å²) in [6.07, 6.45) is 3.23. The second kappa shape index (κ2) is 6.26. The average Bonchev–Trinajstić information content (AvgIpc) is 2.66. The van der Waals surface area contributed by atoms with Gasteiger partial charge in [-0.25, -0.2) is 4.79 Å². The minimum absolute atomic E-state index is 0.0445. The van der Waals surface area contributed by atoms with Crippen LogP contribution in [0.25, 0.3) is 0 Å². The highest BCUT2D eigenvalue weighted by Crippen LogP contribution is 2.29. The van der Waals surface area contributed by atoms with Crippen molar-refractivity contribution in [2.45, 2.75) is 31.2 Å². The fourth-order valence-electron chi connectivity index (χ4n) is 2.91. The Morgan fingerprint density at radius 3 is 2.62 bits per heavy atom. The molecular formula is C14H21N3O4. The van der Waals surface area contributed by atoms with Crippen molar-refractivity contribution in [3.05, 3.63) is 12.7 Å². The molecule has 3 amide bonds. The van der Waals surface area contributed by atoms with E-state index in [2.05, 4.69) is 16.8 Å². The molecule has 1 spiro atoms. The van der Waals surface area contributed by atoms with E-state index < -0.39 is 17.5 Å². The van der Waals surface area contributed by atoms with Gasteiger partial charge < -0.3 is 10.4 Å². The van der Waals surface area contributed by atoms with E-state index in [0.29, 0.717) is 12.8 Å². The Kier molecular flexibility index (Phi) is 4.62. The van der Waals surface area contributed by atoms with Crippen molar-refractivity contribution in [2.24, 2.45) is 0 Å². The van der Waals surface area contributed by atoms with Gasteiger partial charge in [-0.05, 0) is 19.3 Å². The summed E-state index contributed by atoms with van der Waals surface area (Å²) in [5, 5.41) is 11.4. The summed E-state index contributed by atoms with van der Waals surface area (Å²) >= 11 is 0. The Labute approximate surface area is 123 Å². The molecule has 7 heteroatoms. The maximum Gasteiger partial charge on any atom is 0.325 e. The van der Waals surface area contributed by atoms with Crippen LogP contribution in [0.5, 0.6) is 0 Å². The smallest absolute Gasteiger partial charge is 0.325 e. The van der Waals surface area contributed by atoms with Gasteiger partial charge in [-0.1, -0.05) is 6.08 Å². The van der Waals surface area contributed by atoms with Gasteiger partial charge in [-0.3, -0.25) is 19.4 Å². The van der Waals surface area contributed by atoms with Crippen LogP contribution < -0.4 is 5.32 Å². The lowest BCUT2D eigenvalue weighted by atomic mass is 9.87. The highest BCUT2D eigenvalue weighted by molar-refractivity contribution is 6.07. The molecule has 0 unspecified atom stereocenters. The van der Waals surface area contributed by atoms with Crippen LogP contribution in [0.3, 0.4) is 0 Å². The normalized spacial score (nSPS) is 21.6. The number of carboxylic acid groups (broad SMARTS) is 1. The van der Waals surface area contributed by atoms with E-state index in [9.17, 15) is 14.4 Å². The molecule has 0 radical (unpaired) electrons. The van der Waals surface area contributed by atoms with Crippen LogP contribution in [0.1, 0.15) is 25.7 Å². The van der Waals surface area contributed by atoms with Crippen LogP contribution in [-0.2, 0) is 9.59 Å². The Morgan fingerprint density at radius 1 is 1.38 bits per heavy atom. The number of hydrogen-bond donors (Lipinski definition) is 2. The molecule has 0 saturated carbocycles. The Balaban J connectivity index is 1.94. The zero-order chi connectivity index (χ0) is 15.5. The quantitative estimate of drug-likeness (QED) is 0.547. The summed E-state index contributed by atoms with van der Waals surface area (Å²) in [5.41, 5.74) is -0.794. The van der Waals surface area contributed by atoms with Crippen molar-refractivity contribution < 1.29 is 19.5 Å². The number of nitrogens with zero attached hydrogens (tertiary/aromatic N) is 2. The SMILES string of the molecule is C=CCN1CCC2(CC1)NC(=O)N(CCCC(=O)O)C2=O. The molecule has 2 fully saturated rings. The zero-order valence-electron chi connectivity index (χ0n) is 12.0. The topological polar surface area (TPSA) is 90.0 Å². The lowest BCUT2D eigenvalue weighted by Crippen LogP contribution is -2.54. The molecule has 21 heavy (non-hydrogen) atoms. The molecule has 2 rings (SSSR count). The number of piperidine rings is 1. The fourth-order valence-corrected chi connectivity index (χ4v) is 2.91. The van der Waals surface area contributed by atoms with Crippen LogP contribution in [-0.4, -0.2) is 64.5 Å². The molecule has 2 aliphatic heterocycles. The third kappa shape index (κ3) is 3.24. The van der Waals surface area contributed by atoms with Gasteiger partial charge in [0.2, 0.25) is 0 Å². The van der Waals surface area contributed by atoms with Gasteiger partial charge in [-0.15, -0.1) is 6.58 Å². The molecule has 0 aliphatic carbocycles. The molecule has 0 aromatic rings. The molecular weight excluding hydrogens is 274 g/mol. The highest BCUT2D eigenvalue weighted by atomic mass is 16.4. The number of hydrogen-bond acceptors (Lipinski definition) is 4. The van der Waals surface area contributed by atoms with Gasteiger partial charge in [0.05, 0.1) is 0 Å². The third-order valence-electron chi connectivity index (χ3n) is 4.12. The standard InChI is InChI=1S/C14H21N3O4/c1-2-7-16-9-5-14(6-10-16)12(20)17(13(21)15-14)8-3-4-11(18)19/h2H,1,3-10H2,(H,15,21)(H,18,19). The van der Waals surface area contributed by atoms with E-state index in [0.717, 1.165) is 24.5 Å². The van der Waals surface area contributed by atoms with E-state index >= 15 is 0 Å². The number of imide groups is 1. The second-order valence-electron chi connectivity index (χ2n) is 5.56. The number of likely N-dealkylation sites (tertiary alicyclic amines) is 1. The Bertz CT molecular complexity index is 455. The number of carbonyl (C=O) groups excluding carboxylic acids is 2. The lowest BCUT2D eigenvalue weighted by molar-refractivity contribution is -0.138. The summed E-state index contributed by atoms with van der Waals surface area (Å²) in [4.78, 5) is 38.3. The van der Waals surface area contributed by atoms with E-state index in [1.54, 1.807) is 0 Å². The number of urea groups is 1. The van der Waals surface area contributed by atoms with Crippen molar-refractivity contribution in [1.29, 1.82) is 0 Å². The number of aliphatic carboxylic acids is 1. The van der Waals surface area contributed by atoms with Gasteiger partial charge in [0.1, 0.15) is 5.54 Å². The molecule has 7 nitrogen and oxygen atoms in total. The van der Waals surface area contributed by atoms with Crippen molar-refractivity contribution in [2.75, 3.05) is 26.2 Å². The van der Waals surface area contributed by atoms with Crippen LogP contribution in [0, 0.1) is 0 Å². The molecule has 2 aliphatic rings. The van der Waals surface area contributed by atoms with Crippen molar-refractivity contribution in [3.8, 4) is 0 Å². The van der Waals surface area contributed by atoms with Crippen LogP contribution in [0.2, 0.25) is 0 Å². The second-order valence-corrected chi connectivity index (χ2v) is 5.56. The highest BCUT2D eigenvalue weighted by Gasteiger charge is 2.51. The Hall–Kier alpha value is -1.89. The van der Waals surface area contributed by atoms with E-state index in [1.165, 1.54) is 0 Å². The summed E-state index contributed by atoms with van der Waals surface area (Å²) in [7, 11) is 0. The van der Waals surface area contributed by atoms with E-state index in [-0.39, 0.29) is 25.3 Å².